The molecule has 0 radical (unpaired) electrons. The van der Waals surface area contributed by atoms with E-state index in [2.05, 4.69) is 46.7 Å². The van der Waals surface area contributed by atoms with E-state index in [1.807, 2.05) is 23.1 Å². The number of carbonyl (C=O) groups is 2. The molecule has 1 aliphatic rings. The minimum Gasteiger partial charge on any atom is -0.368 e. The lowest BCUT2D eigenvalue weighted by molar-refractivity contribution is -0.133. The molecule has 1 fully saturated rings. The summed E-state index contributed by atoms with van der Waals surface area (Å²) in [4.78, 5) is 27.4. The highest BCUT2D eigenvalue weighted by Gasteiger charge is 2.21. The van der Waals surface area contributed by atoms with Crippen LogP contribution in [0, 0.1) is 0 Å². The van der Waals surface area contributed by atoms with Crippen LogP contribution in [0.4, 0.5) is 5.69 Å². The third-order valence-corrected chi connectivity index (χ3v) is 4.70. The van der Waals surface area contributed by atoms with Crippen molar-refractivity contribution in [3.8, 4) is 11.1 Å². The Balaban J connectivity index is 1.53. The molecule has 0 unspecified atom stereocenters. The molecule has 1 heterocycles. The number of amides is 2. The number of rotatable bonds is 5. The number of carbonyl (C=O) groups excluding carboxylic acids is 2. The summed E-state index contributed by atoms with van der Waals surface area (Å²) in [6.07, 6.45) is 0.339. The first-order chi connectivity index (χ1) is 12.7. The van der Waals surface area contributed by atoms with Crippen LogP contribution in [0.25, 0.3) is 11.1 Å². The lowest BCUT2D eigenvalue weighted by Gasteiger charge is -2.36. The Morgan fingerprint density at radius 1 is 0.846 bits per heavy atom. The third-order valence-electron chi connectivity index (χ3n) is 4.70. The summed E-state index contributed by atoms with van der Waals surface area (Å²) in [5.41, 5.74) is 5.62. The molecule has 3 N–H and O–H groups in total. The number of hydrogen-bond acceptors (Lipinski definition) is 4. The average molecular weight is 352 g/mol. The lowest BCUT2D eigenvalue weighted by atomic mass is 10.1. The fourth-order valence-corrected chi connectivity index (χ4v) is 3.16. The van der Waals surface area contributed by atoms with E-state index in [1.54, 1.807) is 0 Å². The monoisotopic (exact) mass is 352 g/mol. The summed E-state index contributed by atoms with van der Waals surface area (Å²) in [6.45, 7) is 2.92. The van der Waals surface area contributed by atoms with E-state index in [9.17, 15) is 9.59 Å². The van der Waals surface area contributed by atoms with E-state index < -0.39 is 0 Å². The number of nitrogens with two attached hydrogens (primary N) is 1. The van der Waals surface area contributed by atoms with Crippen LogP contribution in [0.1, 0.15) is 12.8 Å². The number of hydrogen-bond donors (Lipinski definition) is 2. The van der Waals surface area contributed by atoms with Gasteiger partial charge in [0.05, 0.1) is 0 Å². The molecule has 0 aromatic heterocycles. The van der Waals surface area contributed by atoms with E-state index in [1.165, 1.54) is 16.8 Å². The van der Waals surface area contributed by atoms with Gasteiger partial charge in [-0.1, -0.05) is 42.5 Å². The summed E-state index contributed by atoms with van der Waals surface area (Å²) in [6, 6.07) is 18.8. The standard InChI is InChI=1S/C20H24N4O2/c21-22-19(25)10-11-20(26)24-14-12-23(13-15-24)18-8-6-17(7-9-18)16-4-2-1-3-5-16/h1-9H,10-15,21H2,(H,22,25). The zero-order chi connectivity index (χ0) is 18.4. The number of piperazine rings is 1. The molecular weight excluding hydrogens is 328 g/mol. The van der Waals surface area contributed by atoms with Crippen LogP contribution >= 0.6 is 0 Å². The Kier molecular flexibility index (Phi) is 5.86. The highest BCUT2D eigenvalue weighted by atomic mass is 16.2. The second kappa shape index (κ2) is 8.49. The van der Waals surface area contributed by atoms with Crippen LogP contribution in [-0.4, -0.2) is 42.9 Å². The minimum atomic E-state index is -0.310. The van der Waals surface area contributed by atoms with Gasteiger partial charge in [0.2, 0.25) is 11.8 Å². The first-order valence-electron chi connectivity index (χ1n) is 8.85. The van der Waals surface area contributed by atoms with Gasteiger partial charge in [0.15, 0.2) is 0 Å². The van der Waals surface area contributed by atoms with Gasteiger partial charge in [0, 0.05) is 44.7 Å². The number of nitrogens with one attached hydrogen (secondary N) is 1. The van der Waals surface area contributed by atoms with Gasteiger partial charge < -0.3 is 9.80 Å². The van der Waals surface area contributed by atoms with E-state index in [0.29, 0.717) is 13.1 Å². The molecule has 2 aromatic carbocycles. The summed E-state index contributed by atoms with van der Waals surface area (Å²) in [5, 5.41) is 0. The first-order valence-corrected chi connectivity index (χ1v) is 8.85. The van der Waals surface area contributed by atoms with Gasteiger partial charge in [0.1, 0.15) is 0 Å². The Morgan fingerprint density at radius 2 is 1.46 bits per heavy atom. The van der Waals surface area contributed by atoms with Crippen molar-refractivity contribution in [1.29, 1.82) is 0 Å². The summed E-state index contributed by atoms with van der Waals surface area (Å²) in [5.74, 6) is 4.73. The van der Waals surface area contributed by atoms with Crippen molar-refractivity contribution in [3.63, 3.8) is 0 Å². The normalized spacial score (nSPS) is 14.2. The van der Waals surface area contributed by atoms with Crippen LogP contribution in [0.3, 0.4) is 0 Å². The molecule has 26 heavy (non-hydrogen) atoms. The zero-order valence-corrected chi connectivity index (χ0v) is 14.7. The van der Waals surface area contributed by atoms with Crippen molar-refractivity contribution >= 4 is 17.5 Å². The molecule has 1 saturated heterocycles. The van der Waals surface area contributed by atoms with E-state index in [4.69, 9.17) is 5.84 Å². The van der Waals surface area contributed by atoms with Crippen molar-refractivity contribution in [3.05, 3.63) is 54.6 Å². The quantitative estimate of drug-likeness (QED) is 0.488. The van der Waals surface area contributed by atoms with Crippen LogP contribution in [0.15, 0.2) is 54.6 Å². The largest absolute Gasteiger partial charge is 0.368 e. The topological polar surface area (TPSA) is 78.7 Å². The van der Waals surface area contributed by atoms with E-state index in [0.717, 1.165) is 13.1 Å². The predicted molar refractivity (Wildman–Crippen MR) is 102 cm³/mol. The predicted octanol–water partition coefficient (Wildman–Crippen LogP) is 1.77. The van der Waals surface area contributed by atoms with Crippen molar-refractivity contribution in [2.45, 2.75) is 12.8 Å². The molecule has 2 aromatic rings. The number of anilines is 1. The van der Waals surface area contributed by atoms with Crippen molar-refractivity contribution in [2.24, 2.45) is 5.84 Å². The van der Waals surface area contributed by atoms with Gasteiger partial charge in [0.25, 0.3) is 0 Å². The second-order valence-corrected chi connectivity index (χ2v) is 6.35. The highest BCUT2D eigenvalue weighted by molar-refractivity contribution is 5.83. The van der Waals surface area contributed by atoms with E-state index in [-0.39, 0.29) is 24.7 Å². The Hall–Kier alpha value is -2.86. The number of benzene rings is 2. The molecule has 0 bridgehead atoms. The molecular formula is C20H24N4O2. The molecule has 2 amide bonds. The summed E-state index contributed by atoms with van der Waals surface area (Å²) < 4.78 is 0. The fourth-order valence-electron chi connectivity index (χ4n) is 3.16. The Morgan fingerprint density at radius 3 is 2.08 bits per heavy atom. The van der Waals surface area contributed by atoms with Gasteiger partial charge in [-0.3, -0.25) is 15.0 Å². The maximum atomic E-state index is 12.1. The molecule has 1 aliphatic heterocycles. The molecule has 6 nitrogen and oxygen atoms in total. The molecule has 0 spiro atoms. The third kappa shape index (κ3) is 4.40. The van der Waals surface area contributed by atoms with Crippen LogP contribution in [-0.2, 0) is 9.59 Å². The second-order valence-electron chi connectivity index (χ2n) is 6.35. The molecule has 136 valence electrons. The molecule has 0 atom stereocenters. The summed E-state index contributed by atoms with van der Waals surface area (Å²) in [7, 11) is 0. The Labute approximate surface area is 153 Å². The van der Waals surface area contributed by atoms with Crippen molar-refractivity contribution < 1.29 is 9.59 Å². The van der Waals surface area contributed by atoms with Crippen LogP contribution in [0.5, 0.6) is 0 Å². The van der Waals surface area contributed by atoms with Gasteiger partial charge in [-0.15, -0.1) is 0 Å². The highest BCUT2D eigenvalue weighted by Crippen LogP contribution is 2.23. The van der Waals surface area contributed by atoms with Crippen LogP contribution < -0.4 is 16.2 Å². The van der Waals surface area contributed by atoms with E-state index >= 15 is 0 Å². The van der Waals surface area contributed by atoms with Gasteiger partial charge in [-0.05, 0) is 23.3 Å². The van der Waals surface area contributed by atoms with Gasteiger partial charge >= 0.3 is 0 Å². The van der Waals surface area contributed by atoms with Crippen molar-refractivity contribution in [2.75, 3.05) is 31.1 Å². The molecule has 3 rings (SSSR count). The lowest BCUT2D eigenvalue weighted by Crippen LogP contribution is -2.49. The Bertz CT molecular complexity index is 738. The van der Waals surface area contributed by atoms with Crippen molar-refractivity contribution in [1.82, 2.24) is 10.3 Å². The average Bonchev–Trinajstić information content (AvgIpc) is 2.72. The maximum Gasteiger partial charge on any atom is 0.234 e. The SMILES string of the molecule is NNC(=O)CCC(=O)N1CCN(c2ccc(-c3ccccc3)cc2)CC1. The van der Waals surface area contributed by atoms with Gasteiger partial charge in [-0.25, -0.2) is 5.84 Å². The number of hydrazine groups is 1. The first kappa shape index (κ1) is 17.9. The smallest absolute Gasteiger partial charge is 0.234 e. The van der Waals surface area contributed by atoms with Crippen LogP contribution in [0.2, 0.25) is 0 Å². The molecule has 0 saturated carbocycles. The summed E-state index contributed by atoms with van der Waals surface area (Å²) >= 11 is 0. The zero-order valence-electron chi connectivity index (χ0n) is 14.7. The maximum absolute atomic E-state index is 12.1. The minimum absolute atomic E-state index is 0.00711. The molecule has 6 heteroatoms. The fraction of sp³-hybridized carbons (Fsp3) is 0.300. The molecule has 0 aliphatic carbocycles. The number of nitrogens with zero attached hydrogens (tertiary/aromatic N) is 2. The van der Waals surface area contributed by atoms with Gasteiger partial charge in [-0.2, -0.15) is 0 Å².